The average molecular weight is 254 g/mol. The van der Waals surface area contributed by atoms with E-state index in [1.54, 1.807) is 12.1 Å². The van der Waals surface area contributed by atoms with E-state index in [2.05, 4.69) is 26.1 Å². The third-order valence-electron chi connectivity index (χ3n) is 2.62. The Morgan fingerprint density at radius 2 is 1.83 bits per heavy atom. The Hall–Kier alpha value is -1.13. The second-order valence-corrected chi connectivity index (χ2v) is 5.64. The summed E-state index contributed by atoms with van der Waals surface area (Å²) in [6.07, 6.45) is -0.459. The van der Waals surface area contributed by atoms with Gasteiger partial charge in [0, 0.05) is 31.4 Å². The number of aliphatic hydroxyl groups is 1. The van der Waals surface area contributed by atoms with E-state index < -0.39 is 6.10 Å². The highest BCUT2D eigenvalue weighted by molar-refractivity contribution is 5.45. The van der Waals surface area contributed by atoms with Crippen LogP contribution in [-0.2, 0) is 0 Å². The molecule has 0 saturated heterocycles. The number of benzene rings is 1. The second kappa shape index (κ2) is 6.16. The molecule has 0 radical (unpaired) electrons. The van der Waals surface area contributed by atoms with Crippen LogP contribution in [0.3, 0.4) is 0 Å². The van der Waals surface area contributed by atoms with Gasteiger partial charge >= 0.3 is 0 Å². The van der Waals surface area contributed by atoms with Gasteiger partial charge in [0.15, 0.2) is 0 Å². The van der Waals surface area contributed by atoms with E-state index in [0.717, 1.165) is 5.69 Å². The van der Waals surface area contributed by atoms with Crippen molar-refractivity contribution in [1.29, 1.82) is 0 Å². The molecule has 0 heterocycles. The summed E-state index contributed by atoms with van der Waals surface area (Å²) in [7, 11) is 1.88. The highest BCUT2D eigenvalue weighted by atomic mass is 19.1. The third-order valence-corrected chi connectivity index (χ3v) is 2.62. The lowest BCUT2D eigenvalue weighted by Gasteiger charge is -2.26. The summed E-state index contributed by atoms with van der Waals surface area (Å²) in [6, 6.07) is 6.26. The Morgan fingerprint density at radius 1 is 1.28 bits per heavy atom. The van der Waals surface area contributed by atoms with Gasteiger partial charge in [0.1, 0.15) is 5.82 Å². The molecule has 4 heteroatoms. The Balaban J connectivity index is 2.44. The summed E-state index contributed by atoms with van der Waals surface area (Å²) in [5, 5.41) is 13.2. The molecule has 1 atom stereocenters. The number of rotatable bonds is 5. The summed E-state index contributed by atoms with van der Waals surface area (Å²) in [4.78, 5) is 1.91. The van der Waals surface area contributed by atoms with Crippen molar-refractivity contribution in [2.45, 2.75) is 32.4 Å². The van der Waals surface area contributed by atoms with Crippen molar-refractivity contribution in [3.8, 4) is 0 Å². The Labute approximate surface area is 109 Å². The molecule has 18 heavy (non-hydrogen) atoms. The number of nitrogens with zero attached hydrogens (tertiary/aromatic N) is 1. The number of anilines is 1. The Kier molecular flexibility index (Phi) is 5.11. The number of halogens is 1. The normalized spacial score (nSPS) is 13.4. The summed E-state index contributed by atoms with van der Waals surface area (Å²) >= 11 is 0. The fraction of sp³-hybridized carbons (Fsp3) is 0.571. The van der Waals surface area contributed by atoms with Gasteiger partial charge in [-0.05, 0) is 45.0 Å². The molecule has 1 unspecified atom stereocenters. The molecule has 0 bridgehead atoms. The molecule has 0 saturated carbocycles. The van der Waals surface area contributed by atoms with Crippen molar-refractivity contribution in [2.75, 3.05) is 25.0 Å². The van der Waals surface area contributed by atoms with Gasteiger partial charge in [0.25, 0.3) is 0 Å². The van der Waals surface area contributed by atoms with Crippen LogP contribution in [0, 0.1) is 5.82 Å². The topological polar surface area (TPSA) is 35.5 Å². The highest BCUT2D eigenvalue weighted by Gasteiger charge is 2.13. The summed E-state index contributed by atoms with van der Waals surface area (Å²) < 4.78 is 12.8. The fourth-order valence-electron chi connectivity index (χ4n) is 1.61. The molecule has 1 aromatic carbocycles. The van der Waals surface area contributed by atoms with Crippen molar-refractivity contribution < 1.29 is 9.50 Å². The zero-order valence-corrected chi connectivity index (χ0v) is 11.6. The largest absolute Gasteiger partial charge is 0.390 e. The molecule has 102 valence electrons. The lowest BCUT2D eigenvalue weighted by molar-refractivity contribution is 0.167. The molecule has 3 nitrogen and oxygen atoms in total. The fourth-order valence-corrected chi connectivity index (χ4v) is 1.61. The van der Waals surface area contributed by atoms with Crippen LogP contribution in [0.25, 0.3) is 0 Å². The molecule has 2 N–H and O–H groups in total. The molecule has 0 aliphatic rings. The second-order valence-electron chi connectivity index (χ2n) is 5.64. The lowest BCUT2D eigenvalue weighted by Crippen LogP contribution is -2.44. The molecular weight excluding hydrogens is 231 g/mol. The van der Waals surface area contributed by atoms with Crippen LogP contribution in [0.5, 0.6) is 0 Å². The SMILES string of the molecule is CN(CC(O)CNC(C)(C)C)c1ccc(F)cc1. The van der Waals surface area contributed by atoms with Gasteiger partial charge in [-0.2, -0.15) is 0 Å². The van der Waals surface area contributed by atoms with E-state index >= 15 is 0 Å². The molecule has 1 aromatic rings. The maximum atomic E-state index is 12.8. The van der Waals surface area contributed by atoms with Gasteiger partial charge in [-0.15, -0.1) is 0 Å². The van der Waals surface area contributed by atoms with Gasteiger partial charge in [0.05, 0.1) is 6.10 Å². The minimum atomic E-state index is -0.459. The molecule has 0 aromatic heterocycles. The van der Waals surface area contributed by atoms with Crippen LogP contribution in [0.15, 0.2) is 24.3 Å². The third kappa shape index (κ3) is 5.47. The van der Waals surface area contributed by atoms with Gasteiger partial charge in [-0.3, -0.25) is 0 Å². The number of likely N-dealkylation sites (N-methyl/N-ethyl adjacent to an activating group) is 1. The van der Waals surface area contributed by atoms with Gasteiger partial charge in [-0.25, -0.2) is 4.39 Å². The van der Waals surface area contributed by atoms with Crippen LogP contribution in [0.1, 0.15) is 20.8 Å². The predicted octanol–water partition coefficient (Wildman–Crippen LogP) is 2.01. The molecule has 0 aliphatic heterocycles. The van der Waals surface area contributed by atoms with Crippen molar-refractivity contribution >= 4 is 5.69 Å². The minimum Gasteiger partial charge on any atom is -0.390 e. The average Bonchev–Trinajstić information content (AvgIpc) is 2.26. The van der Waals surface area contributed by atoms with Gasteiger partial charge < -0.3 is 15.3 Å². The van der Waals surface area contributed by atoms with E-state index in [1.165, 1.54) is 12.1 Å². The lowest BCUT2D eigenvalue weighted by atomic mass is 10.1. The van der Waals surface area contributed by atoms with E-state index in [9.17, 15) is 9.50 Å². The maximum Gasteiger partial charge on any atom is 0.123 e. The smallest absolute Gasteiger partial charge is 0.123 e. The van der Waals surface area contributed by atoms with E-state index in [1.807, 2.05) is 11.9 Å². The number of aliphatic hydroxyl groups excluding tert-OH is 1. The molecule has 0 fully saturated rings. The number of hydrogen-bond donors (Lipinski definition) is 2. The molecule has 0 amide bonds. The zero-order chi connectivity index (χ0) is 13.8. The van der Waals surface area contributed by atoms with Crippen molar-refractivity contribution in [2.24, 2.45) is 0 Å². The highest BCUT2D eigenvalue weighted by Crippen LogP contribution is 2.13. The first-order valence-electron chi connectivity index (χ1n) is 6.18. The van der Waals surface area contributed by atoms with Crippen LogP contribution in [0.4, 0.5) is 10.1 Å². The van der Waals surface area contributed by atoms with Crippen LogP contribution >= 0.6 is 0 Å². The number of hydrogen-bond acceptors (Lipinski definition) is 3. The quantitative estimate of drug-likeness (QED) is 0.844. The molecule has 0 aliphatic carbocycles. The number of β-amino-alcohol motifs (C(OH)–C–C–N with tert-alkyl or cyclic N) is 1. The summed E-state index contributed by atoms with van der Waals surface area (Å²) in [5.74, 6) is -0.248. The van der Waals surface area contributed by atoms with Gasteiger partial charge in [-0.1, -0.05) is 0 Å². The Morgan fingerprint density at radius 3 is 2.33 bits per heavy atom. The zero-order valence-electron chi connectivity index (χ0n) is 11.6. The number of nitrogens with one attached hydrogen (secondary N) is 1. The van der Waals surface area contributed by atoms with Crippen molar-refractivity contribution in [3.63, 3.8) is 0 Å². The van der Waals surface area contributed by atoms with Crippen molar-refractivity contribution in [1.82, 2.24) is 5.32 Å². The van der Waals surface area contributed by atoms with Crippen LogP contribution < -0.4 is 10.2 Å². The van der Waals surface area contributed by atoms with E-state index in [-0.39, 0.29) is 11.4 Å². The monoisotopic (exact) mass is 254 g/mol. The molecular formula is C14H23FN2O. The maximum absolute atomic E-state index is 12.8. The molecule has 0 spiro atoms. The summed E-state index contributed by atoms with van der Waals surface area (Å²) in [5.41, 5.74) is 0.890. The standard InChI is InChI=1S/C14H23FN2O/c1-14(2,3)16-9-13(18)10-17(4)12-7-5-11(15)6-8-12/h5-8,13,16,18H,9-10H2,1-4H3. The Bertz CT molecular complexity index is 359. The first kappa shape index (κ1) is 14.9. The van der Waals surface area contributed by atoms with Crippen molar-refractivity contribution in [3.05, 3.63) is 30.1 Å². The van der Waals surface area contributed by atoms with Gasteiger partial charge in [0.2, 0.25) is 0 Å². The first-order valence-corrected chi connectivity index (χ1v) is 6.18. The van der Waals surface area contributed by atoms with Crippen LogP contribution in [0.2, 0.25) is 0 Å². The molecule has 1 rings (SSSR count). The minimum absolute atomic E-state index is 0.00454. The van der Waals surface area contributed by atoms with E-state index in [4.69, 9.17) is 0 Å². The first-order chi connectivity index (χ1) is 8.28. The van der Waals surface area contributed by atoms with Crippen LogP contribution in [-0.4, -0.2) is 36.9 Å². The predicted molar refractivity (Wildman–Crippen MR) is 73.4 cm³/mol. The summed E-state index contributed by atoms with van der Waals surface area (Å²) in [6.45, 7) is 7.22. The van der Waals surface area contributed by atoms with E-state index in [0.29, 0.717) is 13.1 Å².